The number of sulfonamides is 1. The quantitative estimate of drug-likeness (QED) is 0.509. The van der Waals surface area contributed by atoms with Gasteiger partial charge in [0.15, 0.2) is 0 Å². The second-order valence-electron chi connectivity index (χ2n) is 7.28. The average Bonchev–Trinajstić information content (AvgIpc) is 2.89. The van der Waals surface area contributed by atoms with Gasteiger partial charge in [-0.15, -0.1) is 24.5 Å². The summed E-state index contributed by atoms with van der Waals surface area (Å²) in [5.41, 5.74) is -0.461. The van der Waals surface area contributed by atoms with E-state index in [0.29, 0.717) is 9.90 Å². The molecule has 1 aromatic carbocycles. The summed E-state index contributed by atoms with van der Waals surface area (Å²) in [5.74, 6) is -1.44. The van der Waals surface area contributed by atoms with Gasteiger partial charge in [-0.1, -0.05) is 23.2 Å². The number of rotatable bonds is 7. The van der Waals surface area contributed by atoms with Crippen molar-refractivity contribution < 1.29 is 35.9 Å². The van der Waals surface area contributed by atoms with Gasteiger partial charge in [0.05, 0.1) is 13.6 Å². The molecule has 0 aliphatic carbocycles. The zero-order chi connectivity index (χ0) is 23.6. The zero-order valence-corrected chi connectivity index (χ0v) is 19.6. The van der Waals surface area contributed by atoms with Crippen molar-refractivity contribution in [3.05, 3.63) is 44.6 Å². The molecule has 0 fully saturated rings. The van der Waals surface area contributed by atoms with Crippen LogP contribution >= 0.6 is 34.5 Å². The summed E-state index contributed by atoms with van der Waals surface area (Å²) in [6.07, 6.45) is -5.06. The second-order valence-corrected chi connectivity index (χ2v) is 11.3. The topological polar surface area (TPSA) is 81.7 Å². The van der Waals surface area contributed by atoms with Crippen LogP contribution in [-0.2, 0) is 26.0 Å². The molecule has 0 radical (unpaired) electrons. The molecule has 1 heterocycles. The molecular formula is C18H18Cl2F3NO5S2. The number of halogens is 5. The van der Waals surface area contributed by atoms with Crippen LogP contribution in [0.2, 0.25) is 8.67 Å². The maximum Gasteiger partial charge on any atom is 0.573 e. The molecule has 0 bridgehead atoms. The molecule has 0 saturated carbocycles. The number of alkyl halides is 3. The third kappa shape index (κ3) is 8.15. The molecule has 1 aromatic heterocycles. The number of hydrogen-bond acceptors (Lipinski definition) is 6. The van der Waals surface area contributed by atoms with Crippen molar-refractivity contribution >= 4 is 50.5 Å². The first-order chi connectivity index (χ1) is 14.1. The first-order valence-electron chi connectivity index (χ1n) is 8.60. The monoisotopic (exact) mass is 519 g/mol. The third-order valence-corrected chi connectivity index (χ3v) is 6.56. The van der Waals surface area contributed by atoms with Gasteiger partial charge < -0.3 is 9.47 Å². The normalized spacial score (nSPS) is 13.7. The summed E-state index contributed by atoms with van der Waals surface area (Å²) in [4.78, 5) is 12.3. The van der Waals surface area contributed by atoms with E-state index in [1.165, 1.54) is 6.07 Å². The molecule has 13 heteroatoms. The van der Waals surface area contributed by atoms with E-state index in [2.05, 4.69) is 9.46 Å². The number of ether oxygens (including phenoxy) is 2. The van der Waals surface area contributed by atoms with Crippen LogP contribution in [0.4, 0.5) is 13.2 Å². The predicted molar refractivity (Wildman–Crippen MR) is 111 cm³/mol. The Balaban J connectivity index is 2.29. The highest BCUT2D eigenvalue weighted by Crippen LogP contribution is 2.32. The average molecular weight is 520 g/mol. The fourth-order valence-corrected chi connectivity index (χ4v) is 5.05. The summed E-state index contributed by atoms with van der Waals surface area (Å²) in [5, 5.41) is 0. The van der Waals surface area contributed by atoms with Gasteiger partial charge in [-0.3, -0.25) is 4.79 Å². The third-order valence-electron chi connectivity index (χ3n) is 3.51. The van der Waals surface area contributed by atoms with Gasteiger partial charge in [0.2, 0.25) is 10.0 Å². The molecule has 1 N–H and O–H groups in total. The van der Waals surface area contributed by atoms with E-state index in [1.807, 2.05) is 0 Å². The lowest BCUT2D eigenvalue weighted by molar-refractivity contribution is -0.274. The van der Waals surface area contributed by atoms with Crippen molar-refractivity contribution in [1.29, 1.82) is 0 Å². The minimum Gasteiger partial charge on any atom is -0.459 e. The Morgan fingerprint density at radius 3 is 2.19 bits per heavy atom. The van der Waals surface area contributed by atoms with E-state index in [0.717, 1.165) is 35.6 Å². The molecule has 0 spiro atoms. The van der Waals surface area contributed by atoms with Gasteiger partial charge in [0.25, 0.3) is 0 Å². The molecule has 0 aliphatic heterocycles. The maximum absolute atomic E-state index is 12.8. The van der Waals surface area contributed by atoms with Gasteiger partial charge in [-0.2, -0.15) is 4.72 Å². The Morgan fingerprint density at radius 2 is 1.74 bits per heavy atom. The smallest absolute Gasteiger partial charge is 0.459 e. The lowest BCUT2D eigenvalue weighted by atomic mass is 10.1. The summed E-state index contributed by atoms with van der Waals surface area (Å²) >= 11 is 13.0. The zero-order valence-electron chi connectivity index (χ0n) is 16.4. The Kier molecular flexibility index (Phi) is 7.91. The largest absolute Gasteiger partial charge is 0.573 e. The fraction of sp³-hybridized carbons (Fsp3) is 0.389. The van der Waals surface area contributed by atoms with Gasteiger partial charge >= 0.3 is 12.3 Å². The number of hydrogen-bond donors (Lipinski definition) is 1. The van der Waals surface area contributed by atoms with Crippen LogP contribution in [0.15, 0.2) is 35.2 Å². The van der Waals surface area contributed by atoms with E-state index in [9.17, 15) is 26.4 Å². The predicted octanol–water partition coefficient (Wildman–Crippen LogP) is 5.18. The van der Waals surface area contributed by atoms with Crippen molar-refractivity contribution in [3.8, 4) is 5.75 Å². The summed E-state index contributed by atoms with van der Waals surface area (Å²) < 4.78 is 74.2. The molecule has 0 amide bonds. The molecule has 0 saturated heterocycles. The second kappa shape index (κ2) is 9.53. The number of carbonyl (C=O) groups is 1. The van der Waals surface area contributed by atoms with Crippen LogP contribution in [0.25, 0.3) is 0 Å². The molecule has 1 atom stereocenters. The van der Waals surface area contributed by atoms with Crippen molar-refractivity contribution in [1.82, 2.24) is 4.72 Å². The summed E-state index contributed by atoms with van der Waals surface area (Å²) in [7, 11) is -4.31. The molecule has 31 heavy (non-hydrogen) atoms. The van der Waals surface area contributed by atoms with E-state index >= 15 is 0 Å². The Morgan fingerprint density at radius 1 is 1.16 bits per heavy atom. The summed E-state index contributed by atoms with van der Waals surface area (Å²) in [6, 6.07) is 3.68. The SMILES string of the molecule is CC(C)(C)OC(=O)[C@H](Cc1cc(Cl)sc1Cl)NS(=O)(=O)c1ccc(OC(F)(F)F)cc1. The number of carbonyl (C=O) groups excluding carboxylic acids is 1. The number of thiophene rings is 1. The molecule has 0 aliphatic rings. The Hall–Kier alpha value is -1.53. The first-order valence-corrected chi connectivity index (χ1v) is 11.7. The van der Waals surface area contributed by atoms with Gasteiger partial charge in [-0.25, -0.2) is 8.42 Å². The highest BCUT2D eigenvalue weighted by atomic mass is 35.5. The lowest BCUT2D eigenvalue weighted by Crippen LogP contribution is -2.45. The van der Waals surface area contributed by atoms with E-state index in [1.54, 1.807) is 20.8 Å². The minimum absolute atomic E-state index is 0.147. The number of esters is 1. The van der Waals surface area contributed by atoms with Crippen LogP contribution in [-0.4, -0.2) is 32.4 Å². The van der Waals surface area contributed by atoms with E-state index < -0.39 is 39.7 Å². The van der Waals surface area contributed by atoms with E-state index in [-0.39, 0.29) is 15.7 Å². The molecule has 2 rings (SSSR count). The van der Waals surface area contributed by atoms with Gasteiger partial charge in [0, 0.05) is 6.42 Å². The van der Waals surface area contributed by atoms with Gasteiger partial charge in [-0.05, 0) is 56.7 Å². The molecular weight excluding hydrogens is 502 g/mol. The molecule has 0 unspecified atom stereocenters. The first kappa shape index (κ1) is 25.7. The van der Waals surface area contributed by atoms with Gasteiger partial charge in [0.1, 0.15) is 17.4 Å². The number of nitrogens with one attached hydrogen (secondary N) is 1. The standard InChI is InChI=1S/C18H18Cl2F3NO5S2/c1-17(2,3)29-16(25)13(8-10-9-14(19)30-15(10)20)24-31(26,27)12-6-4-11(5-7-12)28-18(21,22)23/h4-7,9,13,24H,8H2,1-3H3/t13-/m0/s1. The Bertz CT molecular complexity index is 1030. The van der Waals surface area contributed by atoms with Crippen LogP contribution in [0.5, 0.6) is 5.75 Å². The minimum atomic E-state index is -4.92. The van der Waals surface area contributed by atoms with Crippen molar-refractivity contribution in [3.63, 3.8) is 0 Å². The molecule has 2 aromatic rings. The summed E-state index contributed by atoms with van der Waals surface area (Å²) in [6.45, 7) is 4.85. The molecule has 6 nitrogen and oxygen atoms in total. The highest BCUT2D eigenvalue weighted by molar-refractivity contribution is 7.89. The van der Waals surface area contributed by atoms with E-state index in [4.69, 9.17) is 27.9 Å². The van der Waals surface area contributed by atoms with Crippen molar-refractivity contribution in [2.24, 2.45) is 0 Å². The van der Waals surface area contributed by atoms with Crippen molar-refractivity contribution in [2.75, 3.05) is 0 Å². The fourth-order valence-electron chi connectivity index (χ4n) is 2.36. The highest BCUT2D eigenvalue weighted by Gasteiger charge is 2.33. The number of benzene rings is 1. The van der Waals surface area contributed by atoms with Crippen LogP contribution in [0, 0.1) is 0 Å². The van der Waals surface area contributed by atoms with Crippen molar-refractivity contribution in [2.45, 2.75) is 50.1 Å². The van der Waals surface area contributed by atoms with Crippen LogP contribution in [0.1, 0.15) is 26.3 Å². The maximum atomic E-state index is 12.8. The van der Waals surface area contributed by atoms with Crippen LogP contribution < -0.4 is 9.46 Å². The lowest BCUT2D eigenvalue weighted by Gasteiger charge is -2.24. The molecule has 172 valence electrons. The Labute approximate surface area is 191 Å². The van der Waals surface area contributed by atoms with Crippen LogP contribution in [0.3, 0.4) is 0 Å².